The van der Waals surface area contributed by atoms with Gasteiger partial charge >= 0.3 is 0 Å². The van der Waals surface area contributed by atoms with Crippen molar-refractivity contribution in [3.63, 3.8) is 0 Å². The second-order valence-corrected chi connectivity index (χ2v) is 5.83. The van der Waals surface area contributed by atoms with Crippen LogP contribution in [0.25, 0.3) is 10.7 Å². The first-order chi connectivity index (χ1) is 10.3. The quantitative estimate of drug-likeness (QED) is 0.790. The molecule has 1 aromatic carbocycles. The van der Waals surface area contributed by atoms with Gasteiger partial charge in [0.2, 0.25) is 0 Å². The zero-order valence-electron chi connectivity index (χ0n) is 11.5. The topological polar surface area (TPSA) is 52.0 Å². The minimum absolute atomic E-state index is 0.133. The number of hydrogen-bond donors (Lipinski definition) is 1. The highest BCUT2D eigenvalue weighted by Gasteiger charge is 2.25. The van der Waals surface area contributed by atoms with Crippen LogP contribution in [0.5, 0.6) is 5.75 Å². The maximum atomic E-state index is 6.05. The van der Waals surface area contributed by atoms with E-state index in [-0.39, 0.29) is 6.10 Å². The molecule has 1 atom stereocenters. The fourth-order valence-corrected chi connectivity index (χ4v) is 3.10. The monoisotopic (exact) mass is 298 g/mol. The number of anilines is 1. The third kappa shape index (κ3) is 2.17. The van der Waals surface area contributed by atoms with Crippen LogP contribution >= 0.6 is 11.3 Å². The summed E-state index contributed by atoms with van der Waals surface area (Å²) in [6.07, 6.45) is -0.133. The number of para-hydroxylation sites is 2. The summed E-state index contributed by atoms with van der Waals surface area (Å²) in [5, 5.41) is 9.90. The van der Waals surface area contributed by atoms with Crippen molar-refractivity contribution in [1.29, 1.82) is 0 Å². The predicted molar refractivity (Wildman–Crippen MR) is 82.6 cm³/mol. The molecule has 0 amide bonds. The summed E-state index contributed by atoms with van der Waals surface area (Å²) in [6, 6.07) is 12.0. The second-order valence-electron chi connectivity index (χ2n) is 4.88. The lowest BCUT2D eigenvalue weighted by Crippen LogP contribution is -2.26. The highest BCUT2D eigenvalue weighted by atomic mass is 32.1. The van der Waals surface area contributed by atoms with Crippen LogP contribution in [0.2, 0.25) is 0 Å². The van der Waals surface area contributed by atoms with Gasteiger partial charge in [-0.15, -0.1) is 16.4 Å². The third-order valence-corrected chi connectivity index (χ3v) is 4.33. The largest absolute Gasteiger partial charge is 0.478 e. The van der Waals surface area contributed by atoms with Gasteiger partial charge < -0.3 is 10.1 Å². The van der Waals surface area contributed by atoms with Crippen molar-refractivity contribution in [3.05, 3.63) is 47.6 Å². The molecule has 0 radical (unpaired) electrons. The molecule has 0 aliphatic carbocycles. The molecule has 106 valence electrons. The molecule has 1 aliphatic heterocycles. The number of thiophene rings is 1. The molecule has 6 heteroatoms. The molecule has 3 heterocycles. The molecule has 21 heavy (non-hydrogen) atoms. The number of aromatic nitrogens is 3. The zero-order valence-corrected chi connectivity index (χ0v) is 12.3. The smallest absolute Gasteiger partial charge is 0.191 e. The SMILES string of the molecule is Cn1nc(-c2cccs2)nc1C1CNc2ccccc2O1. The first kappa shape index (κ1) is 12.4. The van der Waals surface area contributed by atoms with Gasteiger partial charge in [-0.2, -0.15) is 0 Å². The first-order valence-corrected chi connectivity index (χ1v) is 7.63. The normalized spacial score (nSPS) is 16.9. The van der Waals surface area contributed by atoms with E-state index in [0.717, 1.165) is 28.0 Å². The van der Waals surface area contributed by atoms with Gasteiger partial charge in [-0.05, 0) is 23.6 Å². The average Bonchev–Trinajstić information content (AvgIpc) is 3.16. The maximum Gasteiger partial charge on any atom is 0.191 e. The van der Waals surface area contributed by atoms with Gasteiger partial charge in [0.15, 0.2) is 17.8 Å². The van der Waals surface area contributed by atoms with Gasteiger partial charge in [0.25, 0.3) is 0 Å². The lowest BCUT2D eigenvalue weighted by molar-refractivity contribution is 0.195. The van der Waals surface area contributed by atoms with E-state index >= 15 is 0 Å². The van der Waals surface area contributed by atoms with E-state index in [2.05, 4.69) is 15.4 Å². The Morgan fingerprint density at radius 3 is 3.05 bits per heavy atom. The zero-order chi connectivity index (χ0) is 14.2. The number of ether oxygens (including phenoxy) is 1. The highest BCUT2D eigenvalue weighted by molar-refractivity contribution is 7.13. The Morgan fingerprint density at radius 1 is 1.29 bits per heavy atom. The van der Waals surface area contributed by atoms with E-state index in [4.69, 9.17) is 4.74 Å². The molecule has 1 N–H and O–H groups in total. The second kappa shape index (κ2) is 4.89. The number of benzene rings is 1. The Labute approximate surface area is 126 Å². The number of nitrogens with zero attached hydrogens (tertiary/aromatic N) is 3. The minimum Gasteiger partial charge on any atom is -0.478 e. The molecule has 1 aliphatic rings. The molecule has 2 aromatic heterocycles. The number of hydrogen-bond acceptors (Lipinski definition) is 5. The standard InChI is InChI=1S/C15H14N4OS/c1-19-15(17-14(18-19)13-7-4-8-21-13)12-9-16-10-5-2-3-6-11(10)20-12/h2-8,12,16H,9H2,1H3. The molecule has 1 unspecified atom stereocenters. The Hall–Kier alpha value is -2.34. The Bertz CT molecular complexity index is 766. The van der Waals surface area contributed by atoms with Gasteiger partial charge in [0.05, 0.1) is 17.1 Å². The summed E-state index contributed by atoms with van der Waals surface area (Å²) < 4.78 is 7.85. The van der Waals surface area contributed by atoms with Gasteiger partial charge in [-0.3, -0.25) is 0 Å². The van der Waals surface area contributed by atoms with E-state index < -0.39 is 0 Å². The Morgan fingerprint density at radius 2 is 2.19 bits per heavy atom. The van der Waals surface area contributed by atoms with Crippen LogP contribution in [-0.2, 0) is 7.05 Å². The number of rotatable bonds is 2. The molecule has 0 saturated carbocycles. The van der Waals surface area contributed by atoms with E-state index in [9.17, 15) is 0 Å². The molecule has 3 aromatic rings. The highest BCUT2D eigenvalue weighted by Crippen LogP contribution is 2.33. The predicted octanol–water partition coefficient (Wildman–Crippen LogP) is 3.09. The van der Waals surface area contributed by atoms with E-state index in [1.807, 2.05) is 48.8 Å². The summed E-state index contributed by atoms with van der Waals surface area (Å²) >= 11 is 1.64. The lowest BCUT2D eigenvalue weighted by Gasteiger charge is -2.26. The summed E-state index contributed by atoms with van der Waals surface area (Å²) in [4.78, 5) is 5.72. The fourth-order valence-electron chi connectivity index (χ4n) is 2.44. The van der Waals surface area contributed by atoms with Crippen molar-refractivity contribution < 1.29 is 4.74 Å². The van der Waals surface area contributed by atoms with Crippen LogP contribution in [0.1, 0.15) is 11.9 Å². The average molecular weight is 298 g/mol. The van der Waals surface area contributed by atoms with Crippen molar-refractivity contribution in [1.82, 2.24) is 14.8 Å². The summed E-state index contributed by atoms with van der Waals surface area (Å²) in [5.41, 5.74) is 1.02. The van der Waals surface area contributed by atoms with E-state index in [1.165, 1.54) is 0 Å². The molecule has 4 rings (SSSR count). The van der Waals surface area contributed by atoms with Gasteiger partial charge in [0, 0.05) is 7.05 Å². The molecular weight excluding hydrogens is 284 g/mol. The van der Waals surface area contributed by atoms with E-state index in [1.54, 1.807) is 16.0 Å². The molecular formula is C15H14N4OS. The van der Waals surface area contributed by atoms with Crippen molar-refractivity contribution >= 4 is 17.0 Å². The van der Waals surface area contributed by atoms with Crippen molar-refractivity contribution in [2.45, 2.75) is 6.10 Å². The minimum atomic E-state index is -0.133. The van der Waals surface area contributed by atoms with Crippen LogP contribution in [0, 0.1) is 0 Å². The van der Waals surface area contributed by atoms with Crippen molar-refractivity contribution in [3.8, 4) is 16.5 Å². The Balaban J connectivity index is 1.66. The number of nitrogens with one attached hydrogen (secondary N) is 1. The first-order valence-electron chi connectivity index (χ1n) is 6.75. The van der Waals surface area contributed by atoms with Gasteiger partial charge in [0.1, 0.15) is 5.75 Å². The summed E-state index contributed by atoms with van der Waals surface area (Å²) in [5.74, 6) is 2.44. The molecule has 0 bridgehead atoms. The lowest BCUT2D eigenvalue weighted by atomic mass is 10.2. The third-order valence-electron chi connectivity index (χ3n) is 3.46. The van der Waals surface area contributed by atoms with Crippen LogP contribution in [0.4, 0.5) is 5.69 Å². The maximum absolute atomic E-state index is 6.05. The summed E-state index contributed by atoms with van der Waals surface area (Å²) in [6.45, 7) is 0.688. The van der Waals surface area contributed by atoms with Crippen LogP contribution in [0.3, 0.4) is 0 Å². The van der Waals surface area contributed by atoms with Crippen LogP contribution < -0.4 is 10.1 Å². The van der Waals surface area contributed by atoms with Crippen molar-refractivity contribution in [2.24, 2.45) is 7.05 Å². The molecule has 0 saturated heterocycles. The van der Waals surface area contributed by atoms with Gasteiger partial charge in [-0.25, -0.2) is 9.67 Å². The summed E-state index contributed by atoms with van der Waals surface area (Å²) in [7, 11) is 1.91. The van der Waals surface area contributed by atoms with Gasteiger partial charge in [-0.1, -0.05) is 18.2 Å². The van der Waals surface area contributed by atoms with Crippen LogP contribution in [-0.4, -0.2) is 21.3 Å². The molecule has 5 nitrogen and oxygen atoms in total. The number of aryl methyl sites for hydroxylation is 1. The fraction of sp³-hybridized carbons (Fsp3) is 0.200. The van der Waals surface area contributed by atoms with Crippen LogP contribution in [0.15, 0.2) is 41.8 Å². The number of fused-ring (bicyclic) bond motifs is 1. The van der Waals surface area contributed by atoms with E-state index in [0.29, 0.717) is 6.54 Å². The molecule has 0 spiro atoms. The van der Waals surface area contributed by atoms with Crippen molar-refractivity contribution in [2.75, 3.05) is 11.9 Å². The molecule has 0 fully saturated rings. The Kier molecular flexibility index (Phi) is 2.89.